The fourth-order valence-corrected chi connectivity index (χ4v) is 2.96. The van der Waals surface area contributed by atoms with Gasteiger partial charge in [0.1, 0.15) is 13.2 Å². The van der Waals surface area contributed by atoms with Crippen molar-refractivity contribution in [2.75, 3.05) is 13.2 Å². The number of halogens is 2. The lowest BCUT2D eigenvalue weighted by molar-refractivity contribution is -0.0483. The van der Waals surface area contributed by atoms with Crippen LogP contribution in [0.25, 0.3) is 0 Å². The molecule has 1 aliphatic heterocycles. The predicted octanol–water partition coefficient (Wildman–Crippen LogP) is 3.28. The second-order valence-electron chi connectivity index (χ2n) is 5.62. The lowest BCUT2D eigenvalue weighted by Crippen LogP contribution is -2.31. The highest BCUT2D eigenvalue weighted by atomic mass is 19.3. The zero-order valence-electron chi connectivity index (χ0n) is 11.3. The van der Waals surface area contributed by atoms with E-state index in [9.17, 15) is 8.78 Å². The van der Waals surface area contributed by atoms with Crippen LogP contribution in [0.3, 0.4) is 0 Å². The molecule has 1 fully saturated rings. The molecule has 1 saturated carbocycles. The first-order valence-electron chi connectivity index (χ1n) is 7.08. The molecule has 0 saturated heterocycles. The van der Waals surface area contributed by atoms with Crippen LogP contribution in [0, 0.1) is 5.92 Å². The number of alkyl halides is 2. The van der Waals surface area contributed by atoms with E-state index in [4.69, 9.17) is 15.2 Å². The second-order valence-corrected chi connectivity index (χ2v) is 5.62. The maximum atomic E-state index is 13.2. The van der Waals surface area contributed by atoms with E-state index in [0.29, 0.717) is 31.8 Å². The Kier molecular flexibility index (Phi) is 3.54. The zero-order chi connectivity index (χ0) is 14.2. The van der Waals surface area contributed by atoms with Crippen molar-refractivity contribution in [1.29, 1.82) is 0 Å². The topological polar surface area (TPSA) is 44.5 Å². The van der Waals surface area contributed by atoms with Crippen LogP contribution in [0.5, 0.6) is 11.5 Å². The van der Waals surface area contributed by atoms with Crippen LogP contribution in [-0.2, 0) is 0 Å². The van der Waals surface area contributed by atoms with E-state index in [2.05, 4.69) is 0 Å². The van der Waals surface area contributed by atoms with E-state index < -0.39 is 5.92 Å². The van der Waals surface area contributed by atoms with Gasteiger partial charge in [0.25, 0.3) is 0 Å². The summed E-state index contributed by atoms with van der Waals surface area (Å²) >= 11 is 0. The quantitative estimate of drug-likeness (QED) is 0.906. The molecule has 0 spiro atoms. The largest absolute Gasteiger partial charge is 0.486 e. The first-order chi connectivity index (χ1) is 9.55. The number of hydrogen-bond donors (Lipinski definition) is 1. The number of benzene rings is 1. The van der Waals surface area contributed by atoms with E-state index in [1.807, 2.05) is 18.2 Å². The maximum Gasteiger partial charge on any atom is 0.248 e. The Morgan fingerprint density at radius 2 is 1.75 bits per heavy atom. The highest BCUT2D eigenvalue weighted by molar-refractivity contribution is 5.44. The Hall–Kier alpha value is -1.36. The first kappa shape index (κ1) is 13.6. The maximum absolute atomic E-state index is 13.2. The number of rotatable bonds is 2. The highest BCUT2D eigenvalue weighted by Gasteiger charge is 2.37. The van der Waals surface area contributed by atoms with Gasteiger partial charge in [-0.3, -0.25) is 0 Å². The van der Waals surface area contributed by atoms with Crippen LogP contribution < -0.4 is 15.2 Å². The van der Waals surface area contributed by atoms with E-state index in [1.165, 1.54) is 0 Å². The molecule has 1 atom stereocenters. The summed E-state index contributed by atoms with van der Waals surface area (Å²) in [4.78, 5) is 0. The lowest BCUT2D eigenvalue weighted by Gasteiger charge is -2.32. The monoisotopic (exact) mass is 283 g/mol. The van der Waals surface area contributed by atoms with Crippen molar-refractivity contribution in [3.63, 3.8) is 0 Å². The third-order valence-electron chi connectivity index (χ3n) is 4.22. The smallest absolute Gasteiger partial charge is 0.248 e. The molecular weight excluding hydrogens is 264 g/mol. The van der Waals surface area contributed by atoms with Gasteiger partial charge in [-0.05, 0) is 36.5 Å². The summed E-state index contributed by atoms with van der Waals surface area (Å²) in [5, 5.41) is 0. The first-order valence-corrected chi connectivity index (χ1v) is 7.08. The van der Waals surface area contributed by atoms with Gasteiger partial charge in [0, 0.05) is 18.9 Å². The molecule has 3 rings (SSSR count). The van der Waals surface area contributed by atoms with Crippen molar-refractivity contribution in [2.24, 2.45) is 11.7 Å². The lowest BCUT2D eigenvalue weighted by atomic mass is 9.80. The molecule has 1 aromatic carbocycles. The minimum atomic E-state index is -2.51. The summed E-state index contributed by atoms with van der Waals surface area (Å²) < 4.78 is 37.4. The van der Waals surface area contributed by atoms with Crippen LogP contribution in [0.2, 0.25) is 0 Å². The number of fused-ring (bicyclic) bond motifs is 1. The summed E-state index contributed by atoms with van der Waals surface area (Å²) in [7, 11) is 0. The van der Waals surface area contributed by atoms with Gasteiger partial charge in [-0.15, -0.1) is 0 Å². The highest BCUT2D eigenvalue weighted by Crippen LogP contribution is 2.42. The van der Waals surface area contributed by atoms with Gasteiger partial charge >= 0.3 is 0 Å². The van der Waals surface area contributed by atoms with E-state index in [0.717, 1.165) is 11.3 Å². The molecule has 1 heterocycles. The number of hydrogen-bond acceptors (Lipinski definition) is 3. The van der Waals surface area contributed by atoms with Crippen molar-refractivity contribution in [3.8, 4) is 11.5 Å². The Morgan fingerprint density at radius 1 is 1.10 bits per heavy atom. The van der Waals surface area contributed by atoms with Crippen molar-refractivity contribution in [1.82, 2.24) is 0 Å². The molecule has 5 heteroatoms. The van der Waals surface area contributed by atoms with Gasteiger partial charge in [0.05, 0.1) is 0 Å². The van der Waals surface area contributed by atoms with Crippen molar-refractivity contribution in [3.05, 3.63) is 23.8 Å². The summed E-state index contributed by atoms with van der Waals surface area (Å²) in [6.45, 7) is 1.08. The third kappa shape index (κ3) is 2.73. The van der Waals surface area contributed by atoms with E-state index >= 15 is 0 Å². The molecule has 0 aromatic heterocycles. The van der Waals surface area contributed by atoms with Crippen LogP contribution in [-0.4, -0.2) is 19.1 Å². The molecule has 0 bridgehead atoms. The molecule has 1 unspecified atom stereocenters. The molecular formula is C15H19F2NO2. The fourth-order valence-electron chi connectivity index (χ4n) is 2.96. The standard InChI is InChI=1S/C15H19F2NO2/c16-15(17)5-3-10(4-6-15)14(18)11-1-2-12-13(9-11)20-8-7-19-12/h1-2,9-10,14H,3-8,18H2. The number of ether oxygens (including phenoxy) is 2. The molecule has 3 nitrogen and oxygen atoms in total. The Bertz CT molecular complexity index is 483. The van der Waals surface area contributed by atoms with Gasteiger partial charge in [-0.1, -0.05) is 6.07 Å². The minimum Gasteiger partial charge on any atom is -0.486 e. The number of nitrogens with two attached hydrogens (primary N) is 1. The van der Waals surface area contributed by atoms with E-state index in [-0.39, 0.29) is 24.8 Å². The fraction of sp³-hybridized carbons (Fsp3) is 0.600. The van der Waals surface area contributed by atoms with Gasteiger partial charge in [-0.2, -0.15) is 0 Å². The van der Waals surface area contributed by atoms with Gasteiger partial charge in [0.15, 0.2) is 11.5 Å². The normalized spacial score (nSPS) is 23.4. The second kappa shape index (κ2) is 5.20. The molecule has 1 aromatic rings. The van der Waals surface area contributed by atoms with Gasteiger partial charge in [0.2, 0.25) is 5.92 Å². The van der Waals surface area contributed by atoms with Gasteiger partial charge in [-0.25, -0.2) is 8.78 Å². The molecule has 2 aliphatic rings. The molecule has 0 radical (unpaired) electrons. The molecule has 110 valence electrons. The van der Waals surface area contributed by atoms with Crippen LogP contribution in [0.4, 0.5) is 8.78 Å². The third-order valence-corrected chi connectivity index (χ3v) is 4.22. The van der Waals surface area contributed by atoms with Crippen LogP contribution in [0.1, 0.15) is 37.3 Å². The minimum absolute atomic E-state index is 0.0596. The summed E-state index contributed by atoms with van der Waals surface area (Å²) in [5.74, 6) is -0.979. The summed E-state index contributed by atoms with van der Waals surface area (Å²) in [5.41, 5.74) is 7.18. The summed E-state index contributed by atoms with van der Waals surface area (Å²) in [6.07, 6.45) is 0.830. The summed E-state index contributed by atoms with van der Waals surface area (Å²) in [6, 6.07) is 5.42. The molecule has 0 amide bonds. The SMILES string of the molecule is NC(c1ccc2c(c1)OCCO2)C1CCC(F)(F)CC1. The van der Waals surface area contributed by atoms with Crippen LogP contribution in [0.15, 0.2) is 18.2 Å². The Balaban J connectivity index is 1.72. The van der Waals surface area contributed by atoms with Crippen molar-refractivity contribution in [2.45, 2.75) is 37.6 Å². The zero-order valence-corrected chi connectivity index (χ0v) is 11.3. The van der Waals surface area contributed by atoms with E-state index in [1.54, 1.807) is 0 Å². The van der Waals surface area contributed by atoms with Gasteiger partial charge < -0.3 is 15.2 Å². The molecule has 1 aliphatic carbocycles. The van der Waals surface area contributed by atoms with Crippen molar-refractivity contribution >= 4 is 0 Å². The average Bonchev–Trinajstić information content (AvgIpc) is 2.46. The Morgan fingerprint density at radius 3 is 2.45 bits per heavy atom. The van der Waals surface area contributed by atoms with Crippen LogP contribution >= 0.6 is 0 Å². The predicted molar refractivity (Wildman–Crippen MR) is 71.3 cm³/mol. The van der Waals surface area contributed by atoms with Crippen molar-refractivity contribution < 1.29 is 18.3 Å². The molecule has 20 heavy (non-hydrogen) atoms. The average molecular weight is 283 g/mol. The Labute approximate surface area is 117 Å². The molecule has 2 N–H and O–H groups in total.